The molecule has 2 aromatic rings. The van der Waals surface area contributed by atoms with E-state index in [0.29, 0.717) is 17.2 Å². The van der Waals surface area contributed by atoms with Crippen LogP contribution < -0.4 is 4.74 Å². The zero-order valence-corrected chi connectivity index (χ0v) is 10.7. The molecule has 4 heteroatoms. The SMILES string of the molecule is S=c1cc(C2CC2)[nH]c(COc2ccccc2)n1. The van der Waals surface area contributed by atoms with Crippen LogP contribution in [0.2, 0.25) is 0 Å². The Kier molecular flexibility index (Phi) is 3.11. The van der Waals surface area contributed by atoms with Crippen LogP contribution in [0.15, 0.2) is 36.4 Å². The quantitative estimate of drug-likeness (QED) is 0.851. The van der Waals surface area contributed by atoms with Gasteiger partial charge in [0.1, 0.15) is 22.8 Å². The average molecular weight is 258 g/mol. The molecule has 0 radical (unpaired) electrons. The van der Waals surface area contributed by atoms with E-state index in [1.165, 1.54) is 18.5 Å². The predicted octanol–water partition coefficient (Wildman–Crippen LogP) is 3.60. The average Bonchev–Trinajstić information content (AvgIpc) is 3.21. The van der Waals surface area contributed by atoms with E-state index in [1.54, 1.807) is 0 Å². The van der Waals surface area contributed by atoms with Gasteiger partial charge in [-0.1, -0.05) is 30.4 Å². The highest BCUT2D eigenvalue weighted by molar-refractivity contribution is 7.71. The Labute approximate surface area is 111 Å². The van der Waals surface area contributed by atoms with E-state index < -0.39 is 0 Å². The molecule has 3 rings (SSSR count). The van der Waals surface area contributed by atoms with E-state index in [-0.39, 0.29) is 0 Å². The second kappa shape index (κ2) is 4.90. The molecule has 1 heterocycles. The van der Waals surface area contributed by atoms with Gasteiger partial charge in [-0.2, -0.15) is 0 Å². The van der Waals surface area contributed by atoms with Crippen LogP contribution in [0.25, 0.3) is 0 Å². The minimum Gasteiger partial charge on any atom is -0.486 e. The molecule has 1 N–H and O–H groups in total. The molecule has 0 atom stereocenters. The van der Waals surface area contributed by atoms with Crippen LogP contribution in [-0.4, -0.2) is 9.97 Å². The molecule has 0 amide bonds. The summed E-state index contributed by atoms with van der Waals surface area (Å²) in [6, 6.07) is 11.7. The number of H-pyrrole nitrogens is 1. The highest BCUT2D eigenvalue weighted by Crippen LogP contribution is 2.38. The van der Waals surface area contributed by atoms with Crippen molar-refractivity contribution in [3.63, 3.8) is 0 Å². The van der Waals surface area contributed by atoms with Crippen LogP contribution in [0.4, 0.5) is 0 Å². The van der Waals surface area contributed by atoms with Crippen LogP contribution in [0, 0.1) is 4.64 Å². The highest BCUT2D eigenvalue weighted by Gasteiger charge is 2.24. The summed E-state index contributed by atoms with van der Waals surface area (Å²) >= 11 is 5.18. The molecule has 1 fully saturated rings. The number of nitrogens with one attached hydrogen (secondary N) is 1. The molecule has 0 spiro atoms. The molecule has 0 unspecified atom stereocenters. The van der Waals surface area contributed by atoms with Gasteiger partial charge >= 0.3 is 0 Å². The maximum Gasteiger partial charge on any atom is 0.146 e. The van der Waals surface area contributed by atoms with Crippen LogP contribution in [0.3, 0.4) is 0 Å². The lowest BCUT2D eigenvalue weighted by Gasteiger charge is -2.07. The van der Waals surface area contributed by atoms with Crippen LogP contribution in [-0.2, 0) is 6.61 Å². The van der Waals surface area contributed by atoms with E-state index in [9.17, 15) is 0 Å². The van der Waals surface area contributed by atoms with Crippen molar-refractivity contribution in [3.8, 4) is 5.75 Å². The van der Waals surface area contributed by atoms with Gasteiger partial charge in [-0.25, -0.2) is 4.98 Å². The van der Waals surface area contributed by atoms with Gasteiger partial charge in [0.15, 0.2) is 0 Å². The minimum atomic E-state index is 0.425. The Bertz CT molecular complexity index is 590. The number of aromatic amines is 1. The fourth-order valence-corrected chi connectivity index (χ4v) is 2.12. The molecule has 3 nitrogen and oxygen atoms in total. The van der Waals surface area contributed by atoms with Gasteiger partial charge in [-0.05, 0) is 37.0 Å². The summed E-state index contributed by atoms with van der Waals surface area (Å²) < 4.78 is 6.30. The predicted molar refractivity (Wildman–Crippen MR) is 72.2 cm³/mol. The lowest BCUT2D eigenvalue weighted by Crippen LogP contribution is -2.03. The number of rotatable bonds is 4. The molecule has 1 saturated carbocycles. The molecule has 1 aromatic heterocycles. The van der Waals surface area contributed by atoms with Crippen molar-refractivity contribution in [2.75, 3.05) is 0 Å². The summed E-state index contributed by atoms with van der Waals surface area (Å²) in [5.74, 6) is 2.29. The zero-order valence-electron chi connectivity index (χ0n) is 9.93. The number of hydrogen-bond acceptors (Lipinski definition) is 3. The lowest BCUT2D eigenvalue weighted by molar-refractivity contribution is 0.295. The summed E-state index contributed by atoms with van der Waals surface area (Å²) in [5.41, 5.74) is 1.20. The minimum absolute atomic E-state index is 0.425. The number of nitrogens with zero attached hydrogens (tertiary/aromatic N) is 1. The van der Waals surface area contributed by atoms with E-state index in [2.05, 4.69) is 9.97 Å². The first-order valence-corrected chi connectivity index (χ1v) is 6.50. The molecule has 0 bridgehead atoms. The van der Waals surface area contributed by atoms with Crippen molar-refractivity contribution < 1.29 is 4.74 Å². The maximum atomic E-state index is 5.66. The first kappa shape index (κ1) is 11.4. The third-order valence-corrected chi connectivity index (χ3v) is 3.16. The molecule has 0 saturated heterocycles. The first-order chi connectivity index (χ1) is 8.81. The second-order valence-corrected chi connectivity index (χ2v) is 4.92. The van der Waals surface area contributed by atoms with Gasteiger partial charge in [0.25, 0.3) is 0 Å². The zero-order chi connectivity index (χ0) is 12.4. The monoisotopic (exact) mass is 258 g/mol. The summed E-state index contributed by atoms with van der Waals surface area (Å²) in [5, 5.41) is 0. The molecule has 1 aromatic carbocycles. The Morgan fingerprint density at radius 1 is 1.28 bits per heavy atom. The van der Waals surface area contributed by atoms with E-state index in [0.717, 1.165) is 11.6 Å². The third-order valence-electron chi connectivity index (χ3n) is 2.95. The summed E-state index contributed by atoms with van der Waals surface area (Å²) in [7, 11) is 0. The molecular weight excluding hydrogens is 244 g/mol. The Balaban J connectivity index is 1.74. The third kappa shape index (κ3) is 2.76. The van der Waals surface area contributed by atoms with Crippen molar-refractivity contribution >= 4 is 12.2 Å². The normalized spacial score (nSPS) is 14.4. The first-order valence-electron chi connectivity index (χ1n) is 6.09. The lowest BCUT2D eigenvalue weighted by atomic mass is 10.3. The maximum absolute atomic E-state index is 5.66. The van der Waals surface area contributed by atoms with Crippen molar-refractivity contribution in [1.29, 1.82) is 0 Å². The van der Waals surface area contributed by atoms with Gasteiger partial charge in [-0.15, -0.1) is 0 Å². The van der Waals surface area contributed by atoms with Crippen LogP contribution in [0.1, 0.15) is 30.3 Å². The molecule has 1 aliphatic carbocycles. The van der Waals surface area contributed by atoms with Crippen molar-refractivity contribution in [3.05, 3.63) is 52.6 Å². The number of ether oxygens (including phenoxy) is 1. The van der Waals surface area contributed by atoms with E-state index in [1.807, 2.05) is 36.4 Å². The van der Waals surface area contributed by atoms with Gasteiger partial charge < -0.3 is 9.72 Å². The number of hydrogen-bond donors (Lipinski definition) is 1. The van der Waals surface area contributed by atoms with Gasteiger partial charge in [-0.3, -0.25) is 0 Å². The number of benzene rings is 1. The van der Waals surface area contributed by atoms with Crippen molar-refractivity contribution in [1.82, 2.24) is 9.97 Å². The van der Waals surface area contributed by atoms with Gasteiger partial charge in [0.05, 0.1) is 0 Å². The topological polar surface area (TPSA) is 37.9 Å². The fourth-order valence-electron chi connectivity index (χ4n) is 1.88. The van der Waals surface area contributed by atoms with E-state index >= 15 is 0 Å². The summed E-state index contributed by atoms with van der Waals surface area (Å²) in [6.45, 7) is 0.425. The molecule has 0 aliphatic heterocycles. The molecular formula is C14H14N2OS. The van der Waals surface area contributed by atoms with Crippen molar-refractivity contribution in [2.24, 2.45) is 0 Å². The smallest absolute Gasteiger partial charge is 0.146 e. The molecule has 92 valence electrons. The summed E-state index contributed by atoms with van der Waals surface area (Å²) in [4.78, 5) is 7.61. The fraction of sp³-hybridized carbons (Fsp3) is 0.286. The number of para-hydroxylation sites is 1. The van der Waals surface area contributed by atoms with Crippen LogP contribution in [0.5, 0.6) is 5.75 Å². The highest BCUT2D eigenvalue weighted by atomic mass is 32.1. The second-order valence-electron chi connectivity index (χ2n) is 4.50. The molecule has 18 heavy (non-hydrogen) atoms. The molecule has 1 aliphatic rings. The summed E-state index contributed by atoms with van der Waals surface area (Å²) in [6.07, 6.45) is 2.49. The number of aromatic nitrogens is 2. The van der Waals surface area contributed by atoms with E-state index in [4.69, 9.17) is 17.0 Å². The largest absolute Gasteiger partial charge is 0.486 e. The Morgan fingerprint density at radius 2 is 2.06 bits per heavy atom. The Morgan fingerprint density at radius 3 is 2.78 bits per heavy atom. The standard InChI is InChI=1S/C14H14N2OS/c18-14-8-12(10-6-7-10)15-13(16-14)9-17-11-4-2-1-3-5-11/h1-5,8,10H,6-7,9H2,(H,15,16,18). The van der Waals surface area contributed by atoms with Gasteiger partial charge in [0.2, 0.25) is 0 Å². The van der Waals surface area contributed by atoms with Crippen LogP contribution >= 0.6 is 12.2 Å². The van der Waals surface area contributed by atoms with Gasteiger partial charge in [0, 0.05) is 5.69 Å². The van der Waals surface area contributed by atoms with Crippen molar-refractivity contribution in [2.45, 2.75) is 25.4 Å². The Hall–Kier alpha value is -1.68.